The van der Waals surface area contributed by atoms with Gasteiger partial charge in [-0.15, -0.1) is 0 Å². The van der Waals surface area contributed by atoms with Crippen LogP contribution in [0.2, 0.25) is 0 Å². The first-order valence-corrected chi connectivity index (χ1v) is 5.65. The average molecular weight is 233 g/mol. The number of rotatable bonds is 3. The fourth-order valence-corrected chi connectivity index (χ4v) is 1.84. The molecule has 4 heteroatoms. The minimum absolute atomic E-state index is 0.526. The van der Waals surface area contributed by atoms with Crippen molar-refractivity contribution in [2.24, 2.45) is 0 Å². The summed E-state index contributed by atoms with van der Waals surface area (Å²) in [7, 11) is 0. The molecule has 1 aromatic carbocycles. The Bertz CT molecular complexity index is 442. The average Bonchev–Trinajstić information content (AvgIpc) is 2.35. The highest BCUT2D eigenvalue weighted by atomic mass is 16.5. The number of anilines is 1. The van der Waals surface area contributed by atoms with Gasteiger partial charge in [-0.2, -0.15) is 0 Å². The van der Waals surface area contributed by atoms with Gasteiger partial charge in [0.1, 0.15) is 0 Å². The minimum Gasteiger partial charge on any atom is -0.465 e. The molecule has 4 nitrogen and oxygen atoms in total. The van der Waals surface area contributed by atoms with Crippen molar-refractivity contribution in [3.05, 3.63) is 35.9 Å². The molecule has 1 aliphatic rings. The molecule has 17 heavy (non-hydrogen) atoms. The number of carboxylic acid groups (broad SMARTS) is 1. The Morgan fingerprint density at radius 3 is 2.94 bits per heavy atom. The molecule has 1 atom stereocenters. The van der Waals surface area contributed by atoms with Gasteiger partial charge in [-0.25, -0.2) is 9.69 Å². The molecular formula is C13H15NO3. The molecule has 1 unspecified atom stereocenters. The number of nitrogens with zero attached hydrogens (tertiary/aromatic N) is 1. The first kappa shape index (κ1) is 11.7. The molecule has 1 amide bonds. The van der Waals surface area contributed by atoms with Crippen LogP contribution in [0.4, 0.5) is 10.5 Å². The lowest BCUT2D eigenvalue weighted by atomic mass is 10.1. The molecule has 0 aliphatic carbocycles. The van der Waals surface area contributed by atoms with Gasteiger partial charge in [0.05, 0.1) is 5.69 Å². The number of hydrogen-bond acceptors (Lipinski definition) is 2. The summed E-state index contributed by atoms with van der Waals surface area (Å²) in [4.78, 5) is 12.6. The van der Waals surface area contributed by atoms with E-state index < -0.39 is 12.3 Å². The van der Waals surface area contributed by atoms with Gasteiger partial charge in [-0.3, -0.25) is 0 Å². The maximum absolute atomic E-state index is 11.3. The van der Waals surface area contributed by atoms with Gasteiger partial charge >= 0.3 is 6.09 Å². The SMILES string of the molecule is CCCOC1C=Cc2ccccc2N1C(=O)O. The highest BCUT2D eigenvalue weighted by Crippen LogP contribution is 2.29. The van der Waals surface area contributed by atoms with Crippen LogP contribution in [0.3, 0.4) is 0 Å². The molecule has 1 N–H and O–H groups in total. The van der Waals surface area contributed by atoms with Gasteiger partial charge in [0, 0.05) is 6.61 Å². The summed E-state index contributed by atoms with van der Waals surface area (Å²) in [5, 5.41) is 9.27. The van der Waals surface area contributed by atoms with E-state index in [2.05, 4.69) is 0 Å². The molecule has 0 bridgehead atoms. The second-order valence-corrected chi connectivity index (χ2v) is 3.83. The van der Waals surface area contributed by atoms with Crippen molar-refractivity contribution in [1.82, 2.24) is 0 Å². The summed E-state index contributed by atoms with van der Waals surface area (Å²) in [5.41, 5.74) is 1.56. The maximum Gasteiger partial charge on any atom is 0.414 e. The third-order valence-electron chi connectivity index (χ3n) is 2.59. The fraction of sp³-hybridized carbons (Fsp3) is 0.308. The predicted molar refractivity (Wildman–Crippen MR) is 66.0 cm³/mol. The Hall–Kier alpha value is -1.81. The highest BCUT2D eigenvalue weighted by Gasteiger charge is 2.27. The van der Waals surface area contributed by atoms with E-state index in [4.69, 9.17) is 4.74 Å². The van der Waals surface area contributed by atoms with Crippen LogP contribution in [0, 0.1) is 0 Å². The Morgan fingerprint density at radius 1 is 1.47 bits per heavy atom. The molecule has 0 fully saturated rings. The molecule has 0 spiro atoms. The topological polar surface area (TPSA) is 49.8 Å². The number of benzene rings is 1. The Balaban J connectivity index is 2.31. The second-order valence-electron chi connectivity index (χ2n) is 3.83. The van der Waals surface area contributed by atoms with E-state index >= 15 is 0 Å². The molecule has 0 saturated heterocycles. The lowest BCUT2D eigenvalue weighted by molar-refractivity contribution is 0.0806. The molecular weight excluding hydrogens is 218 g/mol. The highest BCUT2D eigenvalue weighted by molar-refractivity contribution is 5.92. The third-order valence-corrected chi connectivity index (χ3v) is 2.59. The summed E-state index contributed by atoms with van der Waals surface area (Å²) in [6.07, 6.45) is 3.01. The third kappa shape index (κ3) is 2.31. The van der Waals surface area contributed by atoms with Gasteiger partial charge in [-0.05, 0) is 24.1 Å². The van der Waals surface area contributed by atoms with Crippen LogP contribution in [0.5, 0.6) is 0 Å². The number of para-hydroxylation sites is 1. The van der Waals surface area contributed by atoms with E-state index in [-0.39, 0.29) is 0 Å². The summed E-state index contributed by atoms with van der Waals surface area (Å²) >= 11 is 0. The van der Waals surface area contributed by atoms with Crippen molar-refractivity contribution in [1.29, 1.82) is 0 Å². The Labute approximate surface area is 100 Å². The predicted octanol–water partition coefficient (Wildman–Crippen LogP) is 2.95. The summed E-state index contributed by atoms with van der Waals surface area (Å²) < 4.78 is 5.52. The largest absolute Gasteiger partial charge is 0.465 e. The lowest BCUT2D eigenvalue weighted by Crippen LogP contribution is -2.42. The van der Waals surface area contributed by atoms with Crippen molar-refractivity contribution < 1.29 is 14.6 Å². The van der Waals surface area contributed by atoms with Crippen LogP contribution in [0.15, 0.2) is 30.3 Å². The minimum atomic E-state index is -0.997. The van der Waals surface area contributed by atoms with Gasteiger partial charge in [-0.1, -0.05) is 31.2 Å². The van der Waals surface area contributed by atoms with Crippen molar-refractivity contribution in [3.63, 3.8) is 0 Å². The molecule has 0 radical (unpaired) electrons. The van der Waals surface area contributed by atoms with Crippen LogP contribution in [0.25, 0.3) is 6.08 Å². The zero-order chi connectivity index (χ0) is 12.3. The normalized spacial score (nSPS) is 17.9. The Morgan fingerprint density at radius 2 is 2.24 bits per heavy atom. The molecule has 90 valence electrons. The first-order chi connectivity index (χ1) is 8.24. The van der Waals surface area contributed by atoms with Crippen molar-refractivity contribution in [3.8, 4) is 0 Å². The summed E-state index contributed by atoms with van der Waals surface area (Å²) in [6, 6.07) is 7.38. The summed E-state index contributed by atoms with van der Waals surface area (Å²) in [5.74, 6) is 0. The monoisotopic (exact) mass is 233 g/mol. The second kappa shape index (κ2) is 5.01. The van der Waals surface area contributed by atoms with Gasteiger partial charge in [0.15, 0.2) is 6.23 Å². The number of ether oxygens (including phenoxy) is 1. The lowest BCUT2D eigenvalue weighted by Gasteiger charge is -2.31. The smallest absolute Gasteiger partial charge is 0.414 e. The van der Waals surface area contributed by atoms with E-state index in [1.54, 1.807) is 12.1 Å². The number of carbonyl (C=O) groups is 1. The first-order valence-electron chi connectivity index (χ1n) is 5.65. The molecule has 0 saturated carbocycles. The zero-order valence-electron chi connectivity index (χ0n) is 9.67. The van der Waals surface area contributed by atoms with Crippen molar-refractivity contribution in [2.75, 3.05) is 11.5 Å². The standard InChI is InChI=1S/C13H15NO3/c1-2-9-17-12-8-7-10-5-3-4-6-11(10)14(12)13(15)16/h3-8,12H,2,9H2,1H3,(H,15,16). The van der Waals surface area contributed by atoms with Crippen LogP contribution in [0.1, 0.15) is 18.9 Å². The molecule has 1 aromatic rings. The molecule has 0 aromatic heterocycles. The summed E-state index contributed by atoms with van der Waals surface area (Å²) in [6.45, 7) is 2.53. The maximum atomic E-state index is 11.3. The zero-order valence-corrected chi connectivity index (χ0v) is 9.67. The van der Waals surface area contributed by atoms with Crippen molar-refractivity contribution >= 4 is 17.9 Å². The molecule has 1 aliphatic heterocycles. The van der Waals surface area contributed by atoms with Gasteiger partial charge in [0.2, 0.25) is 0 Å². The van der Waals surface area contributed by atoms with Gasteiger partial charge in [0.25, 0.3) is 0 Å². The number of amides is 1. The fourth-order valence-electron chi connectivity index (χ4n) is 1.84. The number of hydrogen-bond donors (Lipinski definition) is 1. The van der Waals surface area contributed by atoms with E-state index in [0.29, 0.717) is 12.3 Å². The van der Waals surface area contributed by atoms with E-state index in [9.17, 15) is 9.90 Å². The molecule has 2 rings (SSSR count). The van der Waals surface area contributed by atoms with Crippen LogP contribution in [-0.4, -0.2) is 24.0 Å². The van der Waals surface area contributed by atoms with E-state index in [0.717, 1.165) is 12.0 Å². The number of fused-ring (bicyclic) bond motifs is 1. The van der Waals surface area contributed by atoms with Crippen LogP contribution >= 0.6 is 0 Å². The molecule has 1 heterocycles. The quantitative estimate of drug-likeness (QED) is 0.873. The van der Waals surface area contributed by atoms with Crippen LogP contribution < -0.4 is 4.90 Å². The van der Waals surface area contributed by atoms with E-state index in [1.165, 1.54) is 4.90 Å². The Kier molecular flexibility index (Phi) is 3.44. The van der Waals surface area contributed by atoms with Gasteiger partial charge < -0.3 is 9.84 Å². The van der Waals surface area contributed by atoms with E-state index in [1.807, 2.05) is 31.2 Å². The van der Waals surface area contributed by atoms with Crippen molar-refractivity contribution in [2.45, 2.75) is 19.6 Å². The van der Waals surface area contributed by atoms with Crippen LogP contribution in [-0.2, 0) is 4.74 Å².